The monoisotopic (exact) mass is 265 g/mol. The van der Waals surface area contributed by atoms with E-state index in [4.69, 9.17) is 4.42 Å². The second-order valence-corrected chi connectivity index (χ2v) is 5.55. The van der Waals surface area contributed by atoms with Crippen molar-refractivity contribution in [2.75, 3.05) is 5.32 Å². The van der Waals surface area contributed by atoms with Crippen molar-refractivity contribution in [3.63, 3.8) is 0 Å². The molecule has 1 aromatic heterocycles. The SMILES string of the molecule is CC(=O)Nc1cc(C)c2oc(=O)sc2c1C(C)C. The molecule has 0 aliphatic carbocycles. The summed E-state index contributed by atoms with van der Waals surface area (Å²) in [7, 11) is 0. The predicted molar refractivity (Wildman–Crippen MR) is 73.5 cm³/mol. The Hall–Kier alpha value is -1.62. The second kappa shape index (κ2) is 4.57. The minimum atomic E-state index is -0.310. The standard InChI is InChI=1S/C13H15NO3S/c1-6(2)10-9(14-8(4)15)5-7(3)11-12(10)18-13(16)17-11/h5-6H,1-4H3,(H,14,15). The van der Waals surface area contributed by atoms with E-state index in [1.807, 2.05) is 26.8 Å². The fourth-order valence-corrected chi connectivity index (χ4v) is 3.11. The summed E-state index contributed by atoms with van der Waals surface area (Å²) < 4.78 is 6.03. The lowest BCUT2D eigenvalue weighted by Crippen LogP contribution is -2.09. The normalized spacial score (nSPS) is 11.2. The van der Waals surface area contributed by atoms with Crippen molar-refractivity contribution in [2.45, 2.75) is 33.6 Å². The molecule has 0 aliphatic rings. The van der Waals surface area contributed by atoms with E-state index in [1.54, 1.807) is 0 Å². The number of benzene rings is 1. The number of hydrogen-bond donors (Lipinski definition) is 1. The maximum atomic E-state index is 11.4. The van der Waals surface area contributed by atoms with Gasteiger partial charge in [0, 0.05) is 12.6 Å². The third kappa shape index (κ3) is 2.18. The van der Waals surface area contributed by atoms with Gasteiger partial charge in [-0.05, 0) is 30.0 Å². The average molecular weight is 265 g/mol. The summed E-state index contributed by atoms with van der Waals surface area (Å²) in [4.78, 5) is 22.4. The van der Waals surface area contributed by atoms with E-state index < -0.39 is 0 Å². The Balaban J connectivity index is 2.81. The van der Waals surface area contributed by atoms with Crippen LogP contribution >= 0.6 is 11.3 Å². The minimum absolute atomic E-state index is 0.119. The van der Waals surface area contributed by atoms with Crippen LogP contribution in [-0.2, 0) is 4.79 Å². The molecule has 18 heavy (non-hydrogen) atoms. The van der Waals surface area contributed by atoms with E-state index >= 15 is 0 Å². The quantitative estimate of drug-likeness (QED) is 0.906. The first-order valence-electron chi connectivity index (χ1n) is 5.75. The minimum Gasteiger partial charge on any atom is -0.414 e. The molecule has 0 unspecified atom stereocenters. The topological polar surface area (TPSA) is 59.3 Å². The molecule has 1 heterocycles. The predicted octanol–water partition coefficient (Wildman–Crippen LogP) is 3.24. The van der Waals surface area contributed by atoms with Gasteiger partial charge in [-0.15, -0.1) is 0 Å². The van der Waals surface area contributed by atoms with Gasteiger partial charge in [0.1, 0.15) is 0 Å². The lowest BCUT2D eigenvalue weighted by Gasteiger charge is -2.14. The van der Waals surface area contributed by atoms with Crippen molar-refractivity contribution in [3.8, 4) is 0 Å². The molecule has 1 N–H and O–H groups in total. The molecule has 1 aromatic carbocycles. The van der Waals surface area contributed by atoms with Crippen LogP contribution in [0.15, 0.2) is 15.3 Å². The molecule has 0 spiro atoms. The Morgan fingerprint density at radius 2 is 2.11 bits per heavy atom. The van der Waals surface area contributed by atoms with E-state index in [0.717, 1.165) is 32.9 Å². The Labute approximate surface area is 109 Å². The fourth-order valence-electron chi connectivity index (χ4n) is 2.07. The van der Waals surface area contributed by atoms with Crippen LogP contribution in [-0.4, -0.2) is 5.91 Å². The molecule has 2 rings (SSSR count). The highest BCUT2D eigenvalue weighted by molar-refractivity contribution is 7.16. The Bertz CT molecular complexity index is 667. The van der Waals surface area contributed by atoms with Gasteiger partial charge in [-0.25, -0.2) is 4.79 Å². The molecule has 0 aliphatic heterocycles. The lowest BCUT2D eigenvalue weighted by molar-refractivity contribution is -0.114. The maximum Gasteiger partial charge on any atom is 0.396 e. The third-order valence-electron chi connectivity index (χ3n) is 2.72. The zero-order chi connectivity index (χ0) is 13.4. The van der Waals surface area contributed by atoms with Crippen molar-refractivity contribution in [1.82, 2.24) is 0 Å². The molecule has 2 aromatic rings. The first kappa shape index (κ1) is 12.8. The largest absolute Gasteiger partial charge is 0.414 e. The van der Waals surface area contributed by atoms with Gasteiger partial charge in [0.2, 0.25) is 5.91 Å². The van der Waals surface area contributed by atoms with Crippen LogP contribution in [0.4, 0.5) is 5.69 Å². The number of nitrogens with one attached hydrogen (secondary N) is 1. The van der Waals surface area contributed by atoms with Crippen LogP contribution in [0.1, 0.15) is 37.8 Å². The van der Waals surface area contributed by atoms with Gasteiger partial charge in [-0.2, -0.15) is 0 Å². The average Bonchev–Trinajstić information content (AvgIpc) is 2.58. The number of amides is 1. The summed E-state index contributed by atoms with van der Waals surface area (Å²) >= 11 is 1.09. The summed E-state index contributed by atoms with van der Waals surface area (Å²) in [5, 5.41) is 2.82. The number of hydrogen-bond acceptors (Lipinski definition) is 4. The van der Waals surface area contributed by atoms with E-state index in [0.29, 0.717) is 5.58 Å². The summed E-state index contributed by atoms with van der Waals surface area (Å²) in [5.41, 5.74) is 3.21. The lowest BCUT2D eigenvalue weighted by atomic mass is 9.98. The molecular weight excluding hydrogens is 250 g/mol. The maximum absolute atomic E-state index is 11.4. The van der Waals surface area contributed by atoms with Gasteiger partial charge in [0.05, 0.1) is 4.70 Å². The van der Waals surface area contributed by atoms with Crippen LogP contribution in [0.2, 0.25) is 0 Å². The molecular formula is C13H15NO3S. The molecule has 0 bridgehead atoms. The van der Waals surface area contributed by atoms with Crippen LogP contribution in [0.25, 0.3) is 10.3 Å². The summed E-state index contributed by atoms with van der Waals surface area (Å²) in [6.07, 6.45) is 0. The molecule has 0 saturated carbocycles. The van der Waals surface area contributed by atoms with E-state index in [2.05, 4.69) is 5.32 Å². The second-order valence-electron chi connectivity index (χ2n) is 4.60. The van der Waals surface area contributed by atoms with Crippen molar-refractivity contribution < 1.29 is 9.21 Å². The number of fused-ring (bicyclic) bond motifs is 1. The van der Waals surface area contributed by atoms with Gasteiger partial charge in [-0.1, -0.05) is 25.2 Å². The Morgan fingerprint density at radius 1 is 1.44 bits per heavy atom. The molecule has 0 atom stereocenters. The molecule has 0 radical (unpaired) electrons. The van der Waals surface area contributed by atoms with Crippen LogP contribution in [0, 0.1) is 6.92 Å². The zero-order valence-corrected chi connectivity index (χ0v) is 11.6. The van der Waals surface area contributed by atoms with Gasteiger partial charge in [-0.3, -0.25) is 4.79 Å². The third-order valence-corrected chi connectivity index (χ3v) is 3.58. The van der Waals surface area contributed by atoms with Crippen molar-refractivity contribution in [1.29, 1.82) is 0 Å². The highest BCUT2D eigenvalue weighted by Gasteiger charge is 2.18. The highest BCUT2D eigenvalue weighted by atomic mass is 32.1. The van der Waals surface area contributed by atoms with Crippen LogP contribution in [0.5, 0.6) is 0 Å². The zero-order valence-electron chi connectivity index (χ0n) is 10.8. The number of carbonyl (C=O) groups excluding carboxylic acids is 1. The molecule has 0 fully saturated rings. The molecule has 5 heteroatoms. The van der Waals surface area contributed by atoms with E-state index in [-0.39, 0.29) is 16.8 Å². The molecule has 4 nitrogen and oxygen atoms in total. The molecule has 96 valence electrons. The Morgan fingerprint density at radius 3 is 2.67 bits per heavy atom. The fraction of sp³-hybridized carbons (Fsp3) is 0.385. The van der Waals surface area contributed by atoms with E-state index in [9.17, 15) is 9.59 Å². The van der Waals surface area contributed by atoms with Gasteiger partial charge >= 0.3 is 4.94 Å². The number of aryl methyl sites for hydroxylation is 1. The smallest absolute Gasteiger partial charge is 0.396 e. The van der Waals surface area contributed by atoms with Gasteiger partial charge < -0.3 is 9.73 Å². The number of carbonyl (C=O) groups is 1. The summed E-state index contributed by atoms with van der Waals surface area (Å²) in [6.45, 7) is 7.40. The first-order chi connectivity index (χ1) is 8.40. The highest BCUT2D eigenvalue weighted by Crippen LogP contribution is 2.36. The molecule has 1 amide bonds. The summed E-state index contributed by atoms with van der Waals surface area (Å²) in [5.74, 6) is 0.0784. The van der Waals surface area contributed by atoms with Gasteiger partial charge in [0.25, 0.3) is 0 Å². The van der Waals surface area contributed by atoms with Crippen molar-refractivity contribution >= 4 is 33.2 Å². The van der Waals surface area contributed by atoms with Gasteiger partial charge in [0.15, 0.2) is 5.58 Å². The van der Waals surface area contributed by atoms with Crippen LogP contribution in [0.3, 0.4) is 0 Å². The van der Waals surface area contributed by atoms with Crippen molar-refractivity contribution in [2.24, 2.45) is 0 Å². The summed E-state index contributed by atoms with van der Waals surface area (Å²) in [6, 6.07) is 1.86. The first-order valence-corrected chi connectivity index (χ1v) is 6.56. The number of rotatable bonds is 2. The Kier molecular flexibility index (Phi) is 3.26. The van der Waals surface area contributed by atoms with Crippen molar-refractivity contribution in [3.05, 3.63) is 26.9 Å². The van der Waals surface area contributed by atoms with E-state index in [1.165, 1.54) is 6.92 Å². The van der Waals surface area contributed by atoms with Crippen LogP contribution < -0.4 is 10.3 Å². The number of anilines is 1. The molecule has 0 saturated heterocycles.